The van der Waals surface area contributed by atoms with Crippen molar-refractivity contribution in [3.63, 3.8) is 0 Å². The van der Waals surface area contributed by atoms with Crippen molar-refractivity contribution in [2.24, 2.45) is 5.92 Å². The number of pyridine rings is 2. The number of ether oxygens (including phenoxy) is 1. The monoisotopic (exact) mass is 572 g/mol. The summed E-state index contributed by atoms with van der Waals surface area (Å²) in [6.07, 6.45) is -2.20. The van der Waals surface area contributed by atoms with Crippen LogP contribution < -0.4 is 10.6 Å². The fourth-order valence-electron chi connectivity index (χ4n) is 4.71. The van der Waals surface area contributed by atoms with Crippen LogP contribution in [-0.2, 0) is 22.9 Å². The van der Waals surface area contributed by atoms with E-state index in [-0.39, 0.29) is 41.5 Å². The lowest BCUT2D eigenvalue weighted by atomic mass is 9.78. The van der Waals surface area contributed by atoms with Gasteiger partial charge in [0.15, 0.2) is 11.5 Å². The van der Waals surface area contributed by atoms with Gasteiger partial charge in [0.25, 0.3) is 0 Å². The normalized spacial score (nSPS) is 14.4. The molecule has 11 heteroatoms. The van der Waals surface area contributed by atoms with Crippen molar-refractivity contribution in [3.8, 4) is 11.4 Å². The van der Waals surface area contributed by atoms with Gasteiger partial charge in [0, 0.05) is 30.7 Å². The van der Waals surface area contributed by atoms with Crippen molar-refractivity contribution < 1.29 is 17.9 Å². The smallest absolute Gasteiger partial charge is 0.385 e. The van der Waals surface area contributed by atoms with Gasteiger partial charge in [0.05, 0.1) is 16.6 Å². The first-order valence-electron chi connectivity index (χ1n) is 12.9. The molecule has 1 aliphatic heterocycles. The van der Waals surface area contributed by atoms with Crippen LogP contribution in [0.5, 0.6) is 0 Å². The summed E-state index contributed by atoms with van der Waals surface area (Å²) in [4.78, 5) is 17.7. The molecule has 4 heterocycles. The van der Waals surface area contributed by atoms with Gasteiger partial charge in [-0.1, -0.05) is 33.8 Å². The van der Waals surface area contributed by atoms with Gasteiger partial charge in [0.1, 0.15) is 18.1 Å². The van der Waals surface area contributed by atoms with E-state index in [4.69, 9.17) is 4.74 Å². The van der Waals surface area contributed by atoms with Crippen LogP contribution >= 0.6 is 12.4 Å². The predicted molar refractivity (Wildman–Crippen MR) is 153 cm³/mol. The maximum atomic E-state index is 13.7. The van der Waals surface area contributed by atoms with Crippen LogP contribution in [0.3, 0.4) is 0 Å². The van der Waals surface area contributed by atoms with Crippen LogP contribution in [0.15, 0.2) is 48.7 Å². The van der Waals surface area contributed by atoms with Crippen LogP contribution in [0, 0.1) is 5.92 Å². The molecule has 2 N–H and O–H groups in total. The largest absolute Gasteiger partial charge is 0.418 e. The summed E-state index contributed by atoms with van der Waals surface area (Å²) in [7, 11) is 0. The number of hydrogen-bond donors (Lipinski definition) is 2. The zero-order valence-corrected chi connectivity index (χ0v) is 23.6. The molecule has 1 aromatic carbocycles. The maximum absolute atomic E-state index is 13.7. The molecule has 0 aliphatic carbocycles. The van der Waals surface area contributed by atoms with E-state index in [1.165, 1.54) is 23.9 Å². The first-order chi connectivity index (χ1) is 18.5. The van der Waals surface area contributed by atoms with E-state index in [1.54, 1.807) is 6.07 Å². The van der Waals surface area contributed by atoms with Crippen molar-refractivity contribution in [2.75, 3.05) is 23.8 Å². The molecule has 0 amide bonds. The summed E-state index contributed by atoms with van der Waals surface area (Å²) in [5, 5.41) is 7.42. The molecule has 1 aliphatic rings. The second-order valence-corrected chi connectivity index (χ2v) is 10.8. The number of rotatable bonds is 7. The molecular weight excluding hydrogens is 541 g/mol. The van der Waals surface area contributed by atoms with E-state index in [2.05, 4.69) is 50.5 Å². The minimum Gasteiger partial charge on any atom is -0.385 e. The van der Waals surface area contributed by atoms with Crippen molar-refractivity contribution in [3.05, 3.63) is 65.6 Å². The topological polar surface area (TPSA) is 84.9 Å². The van der Waals surface area contributed by atoms with E-state index in [0.29, 0.717) is 29.6 Å². The van der Waals surface area contributed by atoms with Crippen molar-refractivity contribution in [1.29, 1.82) is 0 Å². The molecule has 4 aromatic rings. The van der Waals surface area contributed by atoms with Crippen molar-refractivity contribution in [2.45, 2.75) is 52.3 Å². The average molecular weight is 573 g/mol. The fourth-order valence-corrected chi connectivity index (χ4v) is 4.71. The lowest BCUT2D eigenvalue weighted by Gasteiger charge is -2.33. The van der Waals surface area contributed by atoms with Gasteiger partial charge in [-0.25, -0.2) is 15.0 Å². The van der Waals surface area contributed by atoms with E-state index < -0.39 is 11.7 Å². The second-order valence-electron chi connectivity index (χ2n) is 10.8. The highest BCUT2D eigenvalue weighted by molar-refractivity contribution is 5.90. The molecule has 0 saturated heterocycles. The minimum atomic E-state index is -4.57. The van der Waals surface area contributed by atoms with Gasteiger partial charge in [-0.3, -0.25) is 4.98 Å². The number of nitrogens with one attached hydrogen (secondary N) is 2. The van der Waals surface area contributed by atoms with Crippen LogP contribution in [0.4, 0.5) is 30.4 Å². The molecule has 0 bridgehead atoms. The fraction of sp³-hybridized carbons (Fsp3) is 0.379. The first-order valence-corrected chi connectivity index (χ1v) is 12.9. The summed E-state index contributed by atoms with van der Waals surface area (Å²) in [6.45, 7) is 10.1. The molecule has 0 unspecified atom stereocenters. The summed E-state index contributed by atoms with van der Waals surface area (Å²) < 4.78 is 46.8. The van der Waals surface area contributed by atoms with Gasteiger partial charge >= 0.3 is 6.18 Å². The Hall–Kier alpha value is -3.50. The standard InChI is InChI=1S/C29H31F3N6O.ClH/c1-17(2)15-39-16-24-37-26(35-18-7-9-20-23(14-18)33-13-11-28(20,3)4)19-8-10-22(36-27(19)38-24)25-21(29(30,31)32)6-5-12-34-25;/h5-10,12,14,17,33H,11,13,15-16H2,1-4H3,(H,35,36,37,38);1H. The molecule has 0 saturated carbocycles. The Bertz CT molecular complexity index is 1510. The Labute approximate surface area is 237 Å². The number of nitrogens with zero attached hydrogens (tertiary/aromatic N) is 4. The van der Waals surface area contributed by atoms with Crippen molar-refractivity contribution >= 4 is 40.6 Å². The number of hydrogen-bond acceptors (Lipinski definition) is 7. The van der Waals surface area contributed by atoms with Gasteiger partial charge in [-0.05, 0) is 59.7 Å². The Morgan fingerprint density at radius 2 is 1.88 bits per heavy atom. The number of fused-ring (bicyclic) bond motifs is 2. The quantitative estimate of drug-likeness (QED) is 0.237. The van der Waals surface area contributed by atoms with E-state index in [9.17, 15) is 13.2 Å². The summed E-state index contributed by atoms with van der Waals surface area (Å²) >= 11 is 0. The second kappa shape index (κ2) is 11.5. The number of alkyl halides is 3. The summed E-state index contributed by atoms with van der Waals surface area (Å²) in [6, 6.07) is 11.6. The molecule has 0 radical (unpaired) electrons. The zero-order valence-electron chi connectivity index (χ0n) is 22.8. The molecule has 7 nitrogen and oxygen atoms in total. The summed E-state index contributed by atoms with van der Waals surface area (Å²) in [5.74, 6) is 1.20. The molecule has 40 heavy (non-hydrogen) atoms. The predicted octanol–water partition coefficient (Wildman–Crippen LogP) is 7.54. The molecule has 0 atom stereocenters. The Kier molecular flexibility index (Phi) is 8.51. The van der Waals surface area contributed by atoms with Crippen LogP contribution in [0.25, 0.3) is 22.4 Å². The highest BCUT2D eigenvalue weighted by Crippen LogP contribution is 2.39. The van der Waals surface area contributed by atoms with Crippen LogP contribution in [-0.4, -0.2) is 33.1 Å². The summed E-state index contributed by atoms with van der Waals surface area (Å²) in [5.41, 5.74) is 2.43. The average Bonchev–Trinajstić information content (AvgIpc) is 2.87. The highest BCUT2D eigenvalue weighted by atomic mass is 35.5. The van der Waals surface area contributed by atoms with Gasteiger partial charge < -0.3 is 15.4 Å². The van der Waals surface area contributed by atoms with E-state index >= 15 is 0 Å². The Balaban J connectivity index is 0.00000370. The SMILES string of the molecule is CC(C)COCc1nc(Nc2ccc3c(c2)NCCC3(C)C)c2ccc(-c3ncccc3C(F)(F)F)nc2n1.Cl. The van der Waals surface area contributed by atoms with Crippen LogP contribution in [0.2, 0.25) is 0 Å². The lowest BCUT2D eigenvalue weighted by molar-refractivity contribution is -0.137. The number of benzene rings is 1. The molecule has 5 rings (SSSR count). The lowest BCUT2D eigenvalue weighted by Crippen LogP contribution is -2.28. The van der Waals surface area contributed by atoms with Gasteiger partial charge in [-0.2, -0.15) is 13.2 Å². The molecular formula is C29H32ClF3N6O. The Morgan fingerprint density at radius 3 is 2.62 bits per heavy atom. The Morgan fingerprint density at radius 1 is 1.07 bits per heavy atom. The number of aromatic nitrogens is 4. The molecule has 3 aromatic heterocycles. The van der Waals surface area contributed by atoms with Crippen molar-refractivity contribution in [1.82, 2.24) is 19.9 Å². The highest BCUT2D eigenvalue weighted by Gasteiger charge is 2.34. The third-order valence-corrected chi connectivity index (χ3v) is 6.72. The minimum absolute atomic E-state index is 0. The van der Waals surface area contributed by atoms with E-state index in [1.807, 2.05) is 26.0 Å². The third kappa shape index (κ3) is 6.28. The third-order valence-electron chi connectivity index (χ3n) is 6.72. The molecule has 0 fully saturated rings. The first kappa shape index (κ1) is 29.5. The van der Waals surface area contributed by atoms with Gasteiger partial charge in [0.2, 0.25) is 0 Å². The molecule has 0 spiro atoms. The number of halogens is 4. The van der Waals surface area contributed by atoms with Crippen LogP contribution in [0.1, 0.15) is 51.1 Å². The maximum Gasteiger partial charge on any atom is 0.418 e. The van der Waals surface area contributed by atoms with E-state index in [0.717, 1.165) is 30.4 Å². The molecule has 212 valence electrons. The zero-order chi connectivity index (χ0) is 27.8. The van der Waals surface area contributed by atoms with Gasteiger partial charge in [-0.15, -0.1) is 12.4 Å². The number of anilines is 3.